The fourth-order valence-corrected chi connectivity index (χ4v) is 3.62. The Morgan fingerprint density at radius 1 is 1.17 bits per heavy atom. The monoisotopic (exact) mass is 400 g/mol. The molecule has 8 heteroatoms. The summed E-state index contributed by atoms with van der Waals surface area (Å²) in [5.41, 5.74) is 3.00. The first-order valence-electron chi connectivity index (χ1n) is 9.52. The molecular formula is C21H22F2N4O2. The number of hydrogen-bond donors (Lipinski definition) is 2. The van der Waals surface area contributed by atoms with Crippen molar-refractivity contribution < 1.29 is 18.7 Å². The first-order valence-corrected chi connectivity index (χ1v) is 9.52. The molecule has 152 valence electrons. The van der Waals surface area contributed by atoms with E-state index in [1.165, 1.54) is 40.1 Å². The molecule has 1 aromatic carbocycles. The molecule has 6 nitrogen and oxygen atoms in total. The van der Waals surface area contributed by atoms with Crippen molar-refractivity contribution in [3.63, 3.8) is 0 Å². The SMILES string of the molecule is O=C(NC[C@H](O)CN1CCc2ccccc2C1)c1cn2cc(C(F)F)ccc2n1. The Bertz CT molecular complexity index is 1020. The molecule has 2 aromatic heterocycles. The van der Waals surface area contributed by atoms with Gasteiger partial charge in [0.15, 0.2) is 0 Å². The van der Waals surface area contributed by atoms with Crippen molar-refractivity contribution in [2.75, 3.05) is 19.6 Å². The van der Waals surface area contributed by atoms with Gasteiger partial charge in [0.05, 0.1) is 6.10 Å². The number of benzene rings is 1. The van der Waals surface area contributed by atoms with Gasteiger partial charge in [0.1, 0.15) is 11.3 Å². The number of carbonyl (C=O) groups excluding carboxylic acids is 1. The van der Waals surface area contributed by atoms with Gasteiger partial charge in [0.2, 0.25) is 0 Å². The fourth-order valence-electron chi connectivity index (χ4n) is 3.62. The summed E-state index contributed by atoms with van der Waals surface area (Å²) in [5, 5.41) is 13.0. The van der Waals surface area contributed by atoms with Gasteiger partial charge in [-0.05, 0) is 29.7 Å². The van der Waals surface area contributed by atoms with Gasteiger partial charge in [0, 0.05) is 44.1 Å². The van der Waals surface area contributed by atoms with Gasteiger partial charge in [-0.2, -0.15) is 0 Å². The highest BCUT2D eigenvalue weighted by Crippen LogP contribution is 2.20. The Morgan fingerprint density at radius 3 is 2.76 bits per heavy atom. The second kappa shape index (κ2) is 8.26. The molecule has 0 spiro atoms. The number of halogens is 2. The molecule has 0 aliphatic carbocycles. The average Bonchev–Trinajstić information content (AvgIpc) is 3.15. The van der Waals surface area contributed by atoms with Crippen molar-refractivity contribution in [3.05, 3.63) is 71.2 Å². The summed E-state index contributed by atoms with van der Waals surface area (Å²) in [5.74, 6) is -0.449. The minimum atomic E-state index is -2.59. The number of nitrogens with one attached hydrogen (secondary N) is 1. The highest BCUT2D eigenvalue weighted by molar-refractivity contribution is 5.92. The molecule has 1 aliphatic heterocycles. The minimum absolute atomic E-state index is 0.0904. The van der Waals surface area contributed by atoms with E-state index < -0.39 is 18.4 Å². The maximum atomic E-state index is 12.8. The van der Waals surface area contributed by atoms with Crippen LogP contribution < -0.4 is 5.32 Å². The van der Waals surface area contributed by atoms with Crippen LogP contribution in [0.3, 0.4) is 0 Å². The van der Waals surface area contributed by atoms with Crippen LogP contribution >= 0.6 is 0 Å². The number of pyridine rings is 1. The molecule has 0 unspecified atom stereocenters. The maximum absolute atomic E-state index is 12.8. The number of hydrogen-bond acceptors (Lipinski definition) is 4. The third kappa shape index (κ3) is 4.44. The average molecular weight is 400 g/mol. The Morgan fingerprint density at radius 2 is 1.97 bits per heavy atom. The van der Waals surface area contributed by atoms with E-state index in [-0.39, 0.29) is 17.8 Å². The van der Waals surface area contributed by atoms with Crippen molar-refractivity contribution in [2.24, 2.45) is 0 Å². The lowest BCUT2D eigenvalue weighted by Gasteiger charge is -2.30. The van der Waals surface area contributed by atoms with Gasteiger partial charge in [-0.1, -0.05) is 24.3 Å². The van der Waals surface area contributed by atoms with E-state index in [0.717, 1.165) is 19.5 Å². The number of aromatic nitrogens is 2. The summed E-state index contributed by atoms with van der Waals surface area (Å²) >= 11 is 0. The van der Waals surface area contributed by atoms with E-state index in [1.807, 2.05) is 12.1 Å². The van der Waals surface area contributed by atoms with Crippen LogP contribution in [0.15, 0.2) is 48.8 Å². The first kappa shape index (κ1) is 19.5. The van der Waals surface area contributed by atoms with Crippen molar-refractivity contribution in [1.29, 1.82) is 0 Å². The molecular weight excluding hydrogens is 378 g/mol. The number of imidazole rings is 1. The van der Waals surface area contributed by atoms with Crippen LogP contribution in [0.25, 0.3) is 5.65 Å². The number of rotatable bonds is 6. The number of aliphatic hydroxyl groups excluding tert-OH is 1. The molecule has 1 amide bonds. The van der Waals surface area contributed by atoms with Crippen LogP contribution in [-0.4, -0.2) is 51.0 Å². The maximum Gasteiger partial charge on any atom is 0.271 e. The third-order valence-electron chi connectivity index (χ3n) is 5.14. The third-order valence-corrected chi connectivity index (χ3v) is 5.14. The van der Waals surface area contributed by atoms with Crippen LogP contribution in [0.2, 0.25) is 0 Å². The molecule has 0 saturated carbocycles. The Kier molecular flexibility index (Phi) is 5.55. The van der Waals surface area contributed by atoms with E-state index in [2.05, 4.69) is 27.3 Å². The highest BCUT2D eigenvalue weighted by atomic mass is 19.3. The molecule has 0 radical (unpaired) electrons. The second-order valence-corrected chi connectivity index (χ2v) is 7.27. The van der Waals surface area contributed by atoms with Crippen molar-refractivity contribution in [3.8, 4) is 0 Å². The minimum Gasteiger partial charge on any atom is -0.390 e. The van der Waals surface area contributed by atoms with Crippen LogP contribution in [0.4, 0.5) is 8.78 Å². The number of β-amino-alcohol motifs (C(OH)–C–C–N with tert-alkyl or cyclic N) is 1. The Balaban J connectivity index is 1.32. The summed E-state index contributed by atoms with van der Waals surface area (Å²) in [6, 6.07) is 11.0. The molecule has 1 atom stereocenters. The summed E-state index contributed by atoms with van der Waals surface area (Å²) < 4.78 is 27.0. The van der Waals surface area contributed by atoms with Crippen molar-refractivity contribution >= 4 is 11.6 Å². The topological polar surface area (TPSA) is 69.9 Å². The Hall–Kier alpha value is -2.84. The largest absolute Gasteiger partial charge is 0.390 e. The summed E-state index contributed by atoms with van der Waals surface area (Å²) in [6.45, 7) is 2.19. The van der Waals surface area contributed by atoms with Crippen LogP contribution in [-0.2, 0) is 13.0 Å². The molecule has 4 rings (SSSR count). The lowest BCUT2D eigenvalue weighted by molar-refractivity contribution is 0.0838. The summed E-state index contributed by atoms with van der Waals surface area (Å²) in [4.78, 5) is 18.6. The van der Waals surface area contributed by atoms with E-state index in [0.29, 0.717) is 12.2 Å². The zero-order valence-electron chi connectivity index (χ0n) is 15.8. The number of nitrogens with zero attached hydrogens (tertiary/aromatic N) is 3. The van der Waals surface area contributed by atoms with Crippen LogP contribution in [0.5, 0.6) is 0 Å². The highest BCUT2D eigenvalue weighted by Gasteiger charge is 2.19. The van der Waals surface area contributed by atoms with Gasteiger partial charge in [0.25, 0.3) is 12.3 Å². The van der Waals surface area contributed by atoms with E-state index in [4.69, 9.17) is 0 Å². The number of fused-ring (bicyclic) bond motifs is 2. The number of aliphatic hydroxyl groups is 1. The van der Waals surface area contributed by atoms with Crippen molar-refractivity contribution in [2.45, 2.75) is 25.5 Å². The number of alkyl halides is 2. The van der Waals surface area contributed by atoms with Gasteiger partial charge in [-0.25, -0.2) is 13.8 Å². The van der Waals surface area contributed by atoms with Gasteiger partial charge >= 0.3 is 0 Å². The summed E-state index contributed by atoms with van der Waals surface area (Å²) in [6.07, 6.45) is 0.302. The molecule has 2 N–H and O–H groups in total. The second-order valence-electron chi connectivity index (χ2n) is 7.27. The lowest BCUT2D eigenvalue weighted by Crippen LogP contribution is -2.42. The molecule has 29 heavy (non-hydrogen) atoms. The van der Waals surface area contributed by atoms with Crippen LogP contribution in [0, 0.1) is 0 Å². The van der Waals surface area contributed by atoms with Crippen LogP contribution in [0.1, 0.15) is 33.6 Å². The lowest BCUT2D eigenvalue weighted by atomic mass is 10.00. The zero-order chi connectivity index (χ0) is 20.4. The number of carbonyl (C=O) groups is 1. The predicted molar refractivity (Wildman–Crippen MR) is 104 cm³/mol. The van der Waals surface area contributed by atoms with E-state index >= 15 is 0 Å². The smallest absolute Gasteiger partial charge is 0.271 e. The Labute approximate surface area is 166 Å². The normalized spacial score (nSPS) is 15.4. The molecule has 3 aromatic rings. The molecule has 1 aliphatic rings. The fraction of sp³-hybridized carbons (Fsp3) is 0.333. The van der Waals surface area contributed by atoms with Crippen molar-refractivity contribution in [1.82, 2.24) is 19.6 Å². The quantitative estimate of drug-likeness (QED) is 0.667. The predicted octanol–water partition coefficient (Wildman–Crippen LogP) is 2.42. The standard InChI is InChI=1S/C21H22F2N4O2/c22-20(23)16-5-6-19-25-18(13-27(19)11-16)21(29)24-9-17(28)12-26-8-7-14-3-1-2-4-15(14)10-26/h1-6,11,13,17,20,28H,7-10,12H2,(H,24,29)/t17-/m0/s1. The van der Waals surface area contributed by atoms with E-state index in [9.17, 15) is 18.7 Å². The first-order chi connectivity index (χ1) is 14.0. The van der Waals surface area contributed by atoms with Gasteiger partial charge < -0.3 is 14.8 Å². The zero-order valence-corrected chi connectivity index (χ0v) is 15.8. The van der Waals surface area contributed by atoms with Gasteiger partial charge in [-0.3, -0.25) is 9.69 Å². The molecule has 0 saturated heterocycles. The van der Waals surface area contributed by atoms with E-state index in [1.54, 1.807) is 0 Å². The molecule has 0 fully saturated rings. The summed E-state index contributed by atoms with van der Waals surface area (Å²) in [7, 11) is 0. The molecule has 3 heterocycles. The van der Waals surface area contributed by atoms with Gasteiger partial charge in [-0.15, -0.1) is 0 Å². The molecule has 0 bridgehead atoms. The number of amides is 1.